The smallest absolute Gasteiger partial charge is 0.139 e. The molecule has 0 unspecified atom stereocenters. The number of hydrogen-bond donors (Lipinski definition) is 1. The van der Waals surface area contributed by atoms with Crippen molar-refractivity contribution in [3.63, 3.8) is 0 Å². The van der Waals surface area contributed by atoms with Crippen LogP contribution in [0.4, 0.5) is 0 Å². The van der Waals surface area contributed by atoms with E-state index in [2.05, 4.69) is 12.2 Å². The number of ketones is 1. The fraction of sp³-hybridized carbons (Fsp3) is 0.533. The Morgan fingerprint density at radius 1 is 1.28 bits per heavy atom. The van der Waals surface area contributed by atoms with E-state index in [1.807, 2.05) is 38.1 Å². The number of hydrogen-bond acceptors (Lipinski definition) is 3. The fourth-order valence-electron chi connectivity index (χ4n) is 1.53. The molecule has 0 fully saturated rings. The van der Waals surface area contributed by atoms with Gasteiger partial charge in [0, 0.05) is 18.9 Å². The van der Waals surface area contributed by atoms with E-state index in [-0.39, 0.29) is 11.7 Å². The number of likely N-dealkylation sites (N-methyl/N-ethyl adjacent to an activating group) is 1. The Balaban J connectivity index is 2.40. The second-order valence-corrected chi connectivity index (χ2v) is 4.64. The molecule has 1 N–H and O–H groups in total. The van der Waals surface area contributed by atoms with E-state index in [0.29, 0.717) is 13.0 Å². The van der Waals surface area contributed by atoms with Crippen LogP contribution in [-0.2, 0) is 11.2 Å². The fourth-order valence-corrected chi connectivity index (χ4v) is 1.53. The molecular formula is C15H23NO2. The first-order valence-electron chi connectivity index (χ1n) is 6.58. The summed E-state index contributed by atoms with van der Waals surface area (Å²) in [6.45, 7) is 8.41. The average Bonchev–Trinajstić information content (AvgIpc) is 2.36. The van der Waals surface area contributed by atoms with Gasteiger partial charge in [0.25, 0.3) is 0 Å². The SMILES string of the molecule is CCNCCOc1ccc(CC(=O)C(C)C)cc1. The maximum Gasteiger partial charge on any atom is 0.139 e. The predicted octanol–water partition coefficient (Wildman–Crippen LogP) is 2.44. The Bertz CT molecular complexity index is 357. The Kier molecular flexibility index (Phi) is 6.44. The van der Waals surface area contributed by atoms with Crippen molar-refractivity contribution in [1.29, 1.82) is 0 Å². The van der Waals surface area contributed by atoms with Crippen molar-refractivity contribution in [2.45, 2.75) is 27.2 Å². The van der Waals surface area contributed by atoms with E-state index in [0.717, 1.165) is 24.4 Å². The van der Waals surface area contributed by atoms with Crippen molar-refractivity contribution in [2.24, 2.45) is 5.92 Å². The van der Waals surface area contributed by atoms with Crippen molar-refractivity contribution >= 4 is 5.78 Å². The quantitative estimate of drug-likeness (QED) is 0.719. The molecule has 0 radical (unpaired) electrons. The second kappa shape index (κ2) is 7.88. The number of carbonyl (C=O) groups is 1. The molecule has 0 aliphatic heterocycles. The summed E-state index contributed by atoms with van der Waals surface area (Å²) in [6.07, 6.45) is 0.509. The van der Waals surface area contributed by atoms with Gasteiger partial charge in [-0.05, 0) is 24.2 Å². The predicted molar refractivity (Wildman–Crippen MR) is 74.0 cm³/mol. The van der Waals surface area contributed by atoms with Crippen LogP contribution in [0.2, 0.25) is 0 Å². The standard InChI is InChI=1S/C15H23NO2/c1-4-16-9-10-18-14-7-5-13(6-8-14)11-15(17)12(2)3/h5-8,12,16H,4,9-11H2,1-3H3. The Hall–Kier alpha value is -1.35. The normalized spacial score (nSPS) is 10.7. The number of benzene rings is 1. The summed E-state index contributed by atoms with van der Waals surface area (Å²) in [6, 6.07) is 7.77. The van der Waals surface area contributed by atoms with Gasteiger partial charge >= 0.3 is 0 Å². The first-order chi connectivity index (χ1) is 8.63. The van der Waals surface area contributed by atoms with Crippen LogP contribution in [0.1, 0.15) is 26.3 Å². The van der Waals surface area contributed by atoms with Gasteiger partial charge in [-0.2, -0.15) is 0 Å². The first kappa shape index (κ1) is 14.7. The summed E-state index contributed by atoms with van der Waals surface area (Å²) in [5.74, 6) is 1.23. The van der Waals surface area contributed by atoms with Crippen LogP contribution in [0.15, 0.2) is 24.3 Å². The first-order valence-corrected chi connectivity index (χ1v) is 6.58. The summed E-state index contributed by atoms with van der Waals surface area (Å²) in [5.41, 5.74) is 1.05. The topological polar surface area (TPSA) is 38.3 Å². The highest BCUT2D eigenvalue weighted by molar-refractivity contribution is 5.82. The number of Topliss-reactive ketones (excluding diaryl/α,β-unsaturated/α-hetero) is 1. The Labute approximate surface area is 110 Å². The molecule has 1 rings (SSSR count). The molecule has 0 saturated heterocycles. The molecule has 18 heavy (non-hydrogen) atoms. The molecule has 3 nitrogen and oxygen atoms in total. The van der Waals surface area contributed by atoms with E-state index in [4.69, 9.17) is 4.74 Å². The minimum absolute atomic E-state index is 0.0982. The molecule has 0 aromatic heterocycles. The highest BCUT2D eigenvalue weighted by Crippen LogP contribution is 2.13. The van der Waals surface area contributed by atoms with Crippen molar-refractivity contribution < 1.29 is 9.53 Å². The summed E-state index contributed by atoms with van der Waals surface area (Å²) >= 11 is 0. The Morgan fingerprint density at radius 3 is 2.50 bits per heavy atom. The zero-order valence-electron chi connectivity index (χ0n) is 11.5. The minimum Gasteiger partial charge on any atom is -0.492 e. The van der Waals surface area contributed by atoms with Gasteiger partial charge in [0.05, 0.1) is 0 Å². The number of ether oxygens (including phenoxy) is 1. The lowest BCUT2D eigenvalue weighted by atomic mass is 10.0. The lowest BCUT2D eigenvalue weighted by molar-refractivity contribution is -0.121. The maximum atomic E-state index is 11.6. The third kappa shape index (κ3) is 5.32. The van der Waals surface area contributed by atoms with Gasteiger partial charge in [0.2, 0.25) is 0 Å². The molecule has 1 aromatic rings. The zero-order chi connectivity index (χ0) is 13.4. The van der Waals surface area contributed by atoms with Crippen molar-refractivity contribution in [3.8, 4) is 5.75 Å². The second-order valence-electron chi connectivity index (χ2n) is 4.64. The van der Waals surface area contributed by atoms with E-state index in [1.54, 1.807) is 0 Å². The third-order valence-electron chi connectivity index (χ3n) is 2.74. The summed E-state index contributed by atoms with van der Waals surface area (Å²) in [4.78, 5) is 11.6. The molecule has 3 heteroatoms. The largest absolute Gasteiger partial charge is 0.492 e. The molecular weight excluding hydrogens is 226 g/mol. The number of rotatable bonds is 8. The summed E-state index contributed by atoms with van der Waals surface area (Å²) < 4.78 is 5.57. The van der Waals surface area contributed by atoms with Gasteiger partial charge in [-0.25, -0.2) is 0 Å². The highest BCUT2D eigenvalue weighted by atomic mass is 16.5. The molecule has 0 amide bonds. The van der Waals surface area contributed by atoms with Crippen LogP contribution in [0.25, 0.3) is 0 Å². The Morgan fingerprint density at radius 2 is 1.94 bits per heavy atom. The molecule has 100 valence electrons. The number of nitrogens with one attached hydrogen (secondary N) is 1. The highest BCUT2D eigenvalue weighted by Gasteiger charge is 2.07. The van der Waals surface area contributed by atoms with E-state index in [1.165, 1.54) is 0 Å². The van der Waals surface area contributed by atoms with Crippen LogP contribution < -0.4 is 10.1 Å². The van der Waals surface area contributed by atoms with Gasteiger partial charge < -0.3 is 10.1 Å². The van der Waals surface area contributed by atoms with Crippen molar-refractivity contribution in [2.75, 3.05) is 19.7 Å². The molecule has 0 aliphatic rings. The zero-order valence-corrected chi connectivity index (χ0v) is 11.5. The molecule has 0 atom stereocenters. The van der Waals surface area contributed by atoms with Crippen molar-refractivity contribution in [1.82, 2.24) is 5.32 Å². The molecule has 0 heterocycles. The minimum atomic E-state index is 0.0982. The molecule has 0 spiro atoms. The van der Waals surface area contributed by atoms with Crippen LogP contribution in [0.3, 0.4) is 0 Å². The molecule has 1 aromatic carbocycles. The van der Waals surface area contributed by atoms with Gasteiger partial charge in [-0.1, -0.05) is 32.9 Å². The van der Waals surface area contributed by atoms with Crippen LogP contribution in [0, 0.1) is 5.92 Å². The van der Waals surface area contributed by atoms with E-state index in [9.17, 15) is 4.79 Å². The molecule has 0 bridgehead atoms. The average molecular weight is 249 g/mol. The van der Waals surface area contributed by atoms with Gasteiger partial charge in [0.1, 0.15) is 18.1 Å². The van der Waals surface area contributed by atoms with E-state index >= 15 is 0 Å². The molecule has 0 saturated carbocycles. The third-order valence-corrected chi connectivity index (χ3v) is 2.74. The lowest BCUT2D eigenvalue weighted by Gasteiger charge is -2.08. The van der Waals surface area contributed by atoms with Crippen molar-refractivity contribution in [3.05, 3.63) is 29.8 Å². The van der Waals surface area contributed by atoms with E-state index < -0.39 is 0 Å². The van der Waals surface area contributed by atoms with Crippen LogP contribution in [0.5, 0.6) is 5.75 Å². The van der Waals surface area contributed by atoms with Crippen LogP contribution in [-0.4, -0.2) is 25.5 Å². The maximum absolute atomic E-state index is 11.6. The van der Waals surface area contributed by atoms with Crippen LogP contribution >= 0.6 is 0 Å². The van der Waals surface area contributed by atoms with Gasteiger partial charge in [0.15, 0.2) is 0 Å². The lowest BCUT2D eigenvalue weighted by Crippen LogP contribution is -2.20. The van der Waals surface area contributed by atoms with Gasteiger partial charge in [-0.3, -0.25) is 4.79 Å². The number of carbonyl (C=O) groups excluding carboxylic acids is 1. The molecule has 0 aliphatic carbocycles. The monoisotopic (exact) mass is 249 g/mol. The summed E-state index contributed by atoms with van der Waals surface area (Å²) in [7, 11) is 0. The van der Waals surface area contributed by atoms with Gasteiger partial charge in [-0.15, -0.1) is 0 Å². The summed E-state index contributed by atoms with van der Waals surface area (Å²) in [5, 5.41) is 3.20.